The molecule has 37 heavy (non-hydrogen) atoms. The highest BCUT2D eigenvalue weighted by Crippen LogP contribution is 2.32. The van der Waals surface area contributed by atoms with Crippen molar-refractivity contribution in [1.29, 1.82) is 0 Å². The largest absolute Gasteiger partial charge is 0.488 e. The maximum atomic E-state index is 13.4. The van der Waals surface area contributed by atoms with Crippen molar-refractivity contribution < 1.29 is 23.1 Å². The van der Waals surface area contributed by atoms with E-state index in [4.69, 9.17) is 16.3 Å². The highest BCUT2D eigenvalue weighted by atomic mass is 35.5. The number of ether oxygens (including phenoxy) is 1. The summed E-state index contributed by atoms with van der Waals surface area (Å²) >= 11 is 5.90. The lowest BCUT2D eigenvalue weighted by Crippen LogP contribution is -2.47. The smallest absolute Gasteiger partial charge is 0.261 e. The third kappa shape index (κ3) is 7.16. The van der Waals surface area contributed by atoms with Crippen molar-refractivity contribution in [3.8, 4) is 5.75 Å². The van der Waals surface area contributed by atoms with Gasteiger partial charge in [-0.2, -0.15) is 0 Å². The van der Waals surface area contributed by atoms with Crippen LogP contribution in [0.2, 0.25) is 5.02 Å². The summed E-state index contributed by atoms with van der Waals surface area (Å²) in [5, 5.41) is 10.3. The first kappa shape index (κ1) is 27.7. The monoisotopic (exact) mass is 549 g/mol. The van der Waals surface area contributed by atoms with Gasteiger partial charge in [0.2, 0.25) is 5.91 Å². The van der Waals surface area contributed by atoms with Gasteiger partial charge < -0.3 is 19.6 Å². The van der Waals surface area contributed by atoms with Crippen LogP contribution in [0.25, 0.3) is 0 Å². The first-order valence-corrected chi connectivity index (χ1v) is 14.6. The van der Waals surface area contributed by atoms with E-state index in [1.807, 2.05) is 6.92 Å². The molecule has 4 rings (SSSR count). The molecule has 0 aromatic heterocycles. The third-order valence-corrected chi connectivity index (χ3v) is 8.70. The molecule has 2 N–H and O–H groups in total. The van der Waals surface area contributed by atoms with E-state index in [9.17, 15) is 18.3 Å². The van der Waals surface area contributed by atoms with Crippen LogP contribution < -0.4 is 9.46 Å². The number of rotatable bonds is 9. The summed E-state index contributed by atoms with van der Waals surface area (Å²) < 4.78 is 35.0. The summed E-state index contributed by atoms with van der Waals surface area (Å²) in [6, 6.07) is 10.6. The van der Waals surface area contributed by atoms with E-state index in [2.05, 4.69) is 23.6 Å². The van der Waals surface area contributed by atoms with Gasteiger partial charge in [-0.1, -0.05) is 18.5 Å². The molecule has 1 aliphatic carbocycles. The minimum absolute atomic E-state index is 0.0219. The molecule has 0 spiro atoms. The maximum absolute atomic E-state index is 13.4. The number of halogens is 1. The van der Waals surface area contributed by atoms with Gasteiger partial charge in [-0.05, 0) is 75.2 Å². The minimum Gasteiger partial charge on any atom is -0.488 e. The minimum atomic E-state index is -3.85. The van der Waals surface area contributed by atoms with Gasteiger partial charge in [0.05, 0.1) is 24.0 Å². The summed E-state index contributed by atoms with van der Waals surface area (Å²) in [4.78, 5) is 17.4. The Labute approximate surface area is 224 Å². The van der Waals surface area contributed by atoms with Gasteiger partial charge in [0.15, 0.2) is 0 Å². The van der Waals surface area contributed by atoms with E-state index in [0.29, 0.717) is 35.1 Å². The number of nitrogens with one attached hydrogen (secondary N) is 1. The second kappa shape index (κ2) is 11.6. The molecule has 1 aliphatic heterocycles. The van der Waals surface area contributed by atoms with Crippen LogP contribution in [0, 0.1) is 11.8 Å². The fourth-order valence-corrected chi connectivity index (χ4v) is 5.84. The fourth-order valence-electron chi connectivity index (χ4n) is 4.66. The highest BCUT2D eigenvalue weighted by Gasteiger charge is 2.32. The Morgan fingerprint density at radius 3 is 2.54 bits per heavy atom. The van der Waals surface area contributed by atoms with E-state index < -0.39 is 10.0 Å². The molecule has 202 valence electrons. The lowest BCUT2D eigenvalue weighted by atomic mass is 10.0. The Morgan fingerprint density at radius 1 is 1.19 bits per heavy atom. The number of benzene rings is 2. The zero-order chi connectivity index (χ0) is 26.7. The SMILES string of the molecule is C[C@@H]1CN([C@H](C)CO)C(=O)Cc2cc(NS(=O)(=O)c3ccc(Cl)cc3)ccc2O[C@H]1CN(C)CC1CC1. The Hall–Kier alpha value is -2.33. The number of aliphatic hydroxyl groups is 1. The van der Waals surface area contributed by atoms with Gasteiger partial charge in [-0.25, -0.2) is 8.42 Å². The average Bonchev–Trinajstić information content (AvgIpc) is 3.65. The van der Waals surface area contributed by atoms with Gasteiger partial charge in [0.25, 0.3) is 10.0 Å². The van der Waals surface area contributed by atoms with Crippen molar-refractivity contribution in [2.45, 2.75) is 50.2 Å². The van der Waals surface area contributed by atoms with E-state index in [1.54, 1.807) is 23.1 Å². The van der Waals surface area contributed by atoms with Gasteiger partial charge in [-0.3, -0.25) is 9.52 Å². The molecule has 0 unspecified atom stereocenters. The van der Waals surface area contributed by atoms with E-state index in [0.717, 1.165) is 12.5 Å². The van der Waals surface area contributed by atoms with E-state index in [-0.39, 0.29) is 41.9 Å². The lowest BCUT2D eigenvalue weighted by Gasteiger charge is -2.34. The van der Waals surface area contributed by atoms with Gasteiger partial charge in [-0.15, -0.1) is 0 Å². The van der Waals surface area contributed by atoms with E-state index in [1.165, 1.54) is 37.1 Å². The number of sulfonamides is 1. The second-order valence-electron chi connectivity index (χ2n) is 10.4. The van der Waals surface area contributed by atoms with Crippen molar-refractivity contribution in [3.05, 3.63) is 53.1 Å². The Bertz CT molecular complexity index is 1200. The van der Waals surface area contributed by atoms with Crippen molar-refractivity contribution in [2.24, 2.45) is 11.8 Å². The highest BCUT2D eigenvalue weighted by molar-refractivity contribution is 7.92. The van der Waals surface area contributed by atoms with Crippen LogP contribution in [0.3, 0.4) is 0 Å². The number of carbonyl (C=O) groups excluding carboxylic acids is 1. The van der Waals surface area contributed by atoms with Gasteiger partial charge in [0.1, 0.15) is 11.9 Å². The molecule has 0 radical (unpaired) electrons. The average molecular weight is 550 g/mol. The molecule has 2 aromatic carbocycles. The maximum Gasteiger partial charge on any atom is 0.261 e. The Kier molecular flexibility index (Phi) is 8.68. The number of fused-ring (bicyclic) bond motifs is 1. The third-order valence-electron chi connectivity index (χ3n) is 7.05. The van der Waals surface area contributed by atoms with Gasteiger partial charge in [0, 0.05) is 41.8 Å². The number of hydrogen-bond donors (Lipinski definition) is 2. The molecular formula is C27H36ClN3O5S. The Morgan fingerprint density at radius 2 is 1.89 bits per heavy atom. The number of nitrogens with zero attached hydrogens (tertiary/aromatic N) is 2. The molecule has 3 atom stereocenters. The summed E-state index contributed by atoms with van der Waals surface area (Å²) in [5.74, 6) is 1.20. The van der Waals surface area contributed by atoms with Gasteiger partial charge >= 0.3 is 0 Å². The predicted molar refractivity (Wildman–Crippen MR) is 144 cm³/mol. The molecule has 0 bridgehead atoms. The number of amides is 1. The van der Waals surface area contributed by atoms with Crippen LogP contribution in [0.1, 0.15) is 32.3 Å². The molecule has 2 aliphatic rings. The van der Waals surface area contributed by atoms with Crippen molar-refractivity contribution in [3.63, 3.8) is 0 Å². The molecule has 1 fully saturated rings. The first-order valence-electron chi connectivity index (χ1n) is 12.7. The molecule has 1 heterocycles. The number of likely N-dealkylation sites (N-methyl/N-ethyl adjacent to an activating group) is 1. The summed E-state index contributed by atoms with van der Waals surface area (Å²) in [6.07, 6.45) is 2.38. The van der Waals surface area contributed by atoms with Crippen molar-refractivity contribution >= 4 is 33.2 Å². The summed E-state index contributed by atoms with van der Waals surface area (Å²) in [5.41, 5.74) is 0.932. The molecule has 1 amide bonds. The lowest BCUT2D eigenvalue weighted by molar-refractivity contribution is -0.134. The Balaban J connectivity index is 1.63. The zero-order valence-corrected chi connectivity index (χ0v) is 23.1. The van der Waals surface area contributed by atoms with Crippen molar-refractivity contribution in [2.75, 3.05) is 38.0 Å². The van der Waals surface area contributed by atoms with Crippen LogP contribution in [-0.4, -0.2) is 74.7 Å². The molecular weight excluding hydrogens is 514 g/mol. The first-order chi connectivity index (χ1) is 17.6. The van der Waals surface area contributed by atoms with Crippen molar-refractivity contribution in [1.82, 2.24) is 9.80 Å². The molecule has 0 saturated heterocycles. The van der Waals surface area contributed by atoms with Crippen LogP contribution in [0.15, 0.2) is 47.4 Å². The standard InChI is InChI=1S/C27H36ClN3O5S/c1-18-14-31(19(2)17-32)27(33)13-21-12-23(29-37(34,35)24-9-6-22(28)7-10-24)8-11-25(21)36-26(18)16-30(3)15-20-4-5-20/h6-12,18-20,26,29,32H,4-5,13-17H2,1-3H3/t18-,19-,26+/m1/s1. The second-order valence-corrected chi connectivity index (χ2v) is 12.6. The molecule has 2 aromatic rings. The fraction of sp³-hybridized carbons (Fsp3) is 0.519. The quantitative estimate of drug-likeness (QED) is 0.495. The number of aliphatic hydroxyl groups excluding tert-OH is 1. The zero-order valence-electron chi connectivity index (χ0n) is 21.6. The number of hydrogen-bond acceptors (Lipinski definition) is 6. The number of anilines is 1. The number of carbonyl (C=O) groups is 1. The van der Waals surface area contributed by atoms with Crippen LogP contribution in [0.4, 0.5) is 5.69 Å². The molecule has 10 heteroatoms. The normalized spacial score (nSPS) is 21.5. The van der Waals surface area contributed by atoms with E-state index >= 15 is 0 Å². The van der Waals surface area contributed by atoms with Crippen LogP contribution in [0.5, 0.6) is 5.75 Å². The molecule has 8 nitrogen and oxygen atoms in total. The van der Waals surface area contributed by atoms with Crippen LogP contribution in [-0.2, 0) is 21.2 Å². The predicted octanol–water partition coefficient (Wildman–Crippen LogP) is 3.63. The summed E-state index contributed by atoms with van der Waals surface area (Å²) in [7, 11) is -1.75. The molecule has 1 saturated carbocycles. The topological polar surface area (TPSA) is 99.2 Å². The van der Waals surface area contributed by atoms with Crippen LogP contribution >= 0.6 is 11.6 Å². The summed E-state index contributed by atoms with van der Waals surface area (Å²) in [6.45, 7) is 5.94.